The predicted octanol–water partition coefficient (Wildman–Crippen LogP) is 1.87. The van der Waals surface area contributed by atoms with E-state index in [2.05, 4.69) is 9.88 Å². The lowest BCUT2D eigenvalue weighted by Gasteiger charge is -2.50. The largest absolute Gasteiger partial charge is 0.469 e. The number of rotatable bonds is 2. The molecule has 3 N–H and O–H groups in total. The van der Waals surface area contributed by atoms with E-state index in [0.717, 1.165) is 22.2 Å². The van der Waals surface area contributed by atoms with Crippen molar-refractivity contribution in [1.82, 2.24) is 9.88 Å². The molecule has 1 aromatic carbocycles. The van der Waals surface area contributed by atoms with E-state index in [1.54, 1.807) is 6.92 Å². The van der Waals surface area contributed by atoms with Crippen molar-refractivity contribution >= 4 is 16.9 Å². The maximum Gasteiger partial charge on any atom is 0.313 e. The first-order valence-corrected chi connectivity index (χ1v) is 9.60. The summed E-state index contributed by atoms with van der Waals surface area (Å²) < 4.78 is 5.28. The van der Waals surface area contributed by atoms with Crippen LogP contribution in [-0.2, 0) is 16.0 Å². The van der Waals surface area contributed by atoms with Crippen LogP contribution in [0.2, 0.25) is 0 Å². The van der Waals surface area contributed by atoms with E-state index in [0.29, 0.717) is 25.9 Å². The van der Waals surface area contributed by atoms with Gasteiger partial charge in [-0.05, 0) is 44.4 Å². The molecule has 1 fully saturated rings. The number of esters is 1. The number of carbonyl (C=O) groups is 1. The Morgan fingerprint density at radius 2 is 2.15 bits per heavy atom. The van der Waals surface area contributed by atoms with Crippen molar-refractivity contribution in [2.45, 2.75) is 32.0 Å². The molecule has 146 valence electrons. The second-order valence-corrected chi connectivity index (χ2v) is 8.35. The van der Waals surface area contributed by atoms with Crippen molar-refractivity contribution in [3.8, 4) is 0 Å². The summed E-state index contributed by atoms with van der Waals surface area (Å²) in [5, 5.41) is 22.5. The van der Waals surface area contributed by atoms with Crippen molar-refractivity contribution in [2.24, 2.45) is 17.3 Å². The summed E-state index contributed by atoms with van der Waals surface area (Å²) in [6.45, 7) is 3.03. The fraction of sp³-hybridized carbons (Fsp3) is 0.571. The molecule has 5 atom stereocenters. The summed E-state index contributed by atoms with van der Waals surface area (Å²) in [5.74, 6) is -0.515. The van der Waals surface area contributed by atoms with Crippen LogP contribution in [0.3, 0.4) is 0 Å². The average Bonchev–Trinajstić information content (AvgIpc) is 2.95. The maximum atomic E-state index is 13.1. The molecule has 1 saturated heterocycles. The van der Waals surface area contributed by atoms with Gasteiger partial charge in [-0.15, -0.1) is 0 Å². The topological polar surface area (TPSA) is 85.8 Å². The maximum absolute atomic E-state index is 13.1. The second kappa shape index (κ2) is 6.62. The highest BCUT2D eigenvalue weighted by molar-refractivity contribution is 5.87. The van der Waals surface area contributed by atoms with Gasteiger partial charge in [0.05, 0.1) is 24.7 Å². The Bertz CT molecular complexity index is 861. The number of para-hydroxylation sites is 1. The van der Waals surface area contributed by atoms with Crippen molar-refractivity contribution in [3.63, 3.8) is 0 Å². The lowest BCUT2D eigenvalue weighted by Crippen LogP contribution is -2.59. The minimum absolute atomic E-state index is 0.104. The van der Waals surface area contributed by atoms with E-state index in [1.807, 2.05) is 31.3 Å². The first kappa shape index (κ1) is 18.5. The Hall–Kier alpha value is -1.89. The number of aromatic nitrogens is 1. The number of aliphatic hydroxyl groups excluding tert-OH is 2. The van der Waals surface area contributed by atoms with Gasteiger partial charge >= 0.3 is 5.97 Å². The molecular weight excluding hydrogens is 344 g/mol. The fourth-order valence-corrected chi connectivity index (χ4v) is 5.50. The molecule has 1 aliphatic carbocycles. The number of carbonyl (C=O) groups excluding carboxylic acids is 1. The van der Waals surface area contributed by atoms with Crippen molar-refractivity contribution < 1.29 is 19.7 Å². The van der Waals surface area contributed by atoms with Crippen molar-refractivity contribution in [1.29, 1.82) is 0 Å². The molecule has 1 aromatic heterocycles. The number of aromatic amines is 1. The number of nitrogens with zero attached hydrogens (tertiary/aromatic N) is 1. The number of fused-ring (bicyclic) bond motifs is 4. The molecule has 2 heterocycles. The summed E-state index contributed by atoms with van der Waals surface area (Å²) in [6.07, 6.45) is -0.345. The number of hydrogen-bond donors (Lipinski definition) is 3. The van der Waals surface area contributed by atoms with Crippen molar-refractivity contribution in [2.75, 3.05) is 27.2 Å². The standard InChI is InChI=1S/C21H28N2O4/c1-12(24)15-10-23(2)11-21(20(26)27-3)9-14-13-6-4-5-7-17(13)22-19(14)18(25)8-16(15)21/h4-7,12,15-16,18,22,24-25H,8-11H2,1-3H3/t12-,15-,16+,18?,21+/m1/s1. The molecule has 1 aliphatic heterocycles. The lowest BCUT2D eigenvalue weighted by molar-refractivity contribution is -0.168. The van der Waals surface area contributed by atoms with Gasteiger partial charge in [0, 0.05) is 35.6 Å². The molecule has 1 unspecified atom stereocenters. The Kier molecular flexibility index (Phi) is 4.53. The average molecular weight is 372 g/mol. The van der Waals surface area contributed by atoms with Crippen LogP contribution >= 0.6 is 0 Å². The smallest absolute Gasteiger partial charge is 0.313 e. The minimum atomic E-state index is -0.791. The molecule has 0 bridgehead atoms. The van der Waals surface area contributed by atoms with Gasteiger partial charge in [0.15, 0.2) is 0 Å². The van der Waals surface area contributed by atoms with Crippen LogP contribution in [0, 0.1) is 17.3 Å². The van der Waals surface area contributed by atoms with Crippen LogP contribution in [0.15, 0.2) is 24.3 Å². The van der Waals surface area contributed by atoms with Gasteiger partial charge < -0.3 is 24.8 Å². The van der Waals surface area contributed by atoms with Gasteiger partial charge in [0.2, 0.25) is 0 Å². The Morgan fingerprint density at radius 1 is 1.41 bits per heavy atom. The highest BCUT2D eigenvalue weighted by Crippen LogP contribution is 2.51. The molecule has 27 heavy (non-hydrogen) atoms. The van der Waals surface area contributed by atoms with E-state index >= 15 is 0 Å². The first-order chi connectivity index (χ1) is 12.9. The Balaban J connectivity index is 1.91. The zero-order valence-corrected chi connectivity index (χ0v) is 16.1. The normalized spacial score (nSPS) is 32.4. The van der Waals surface area contributed by atoms with E-state index in [1.165, 1.54) is 7.11 Å². The van der Waals surface area contributed by atoms with Gasteiger partial charge in [-0.1, -0.05) is 18.2 Å². The summed E-state index contributed by atoms with van der Waals surface area (Å²) in [6, 6.07) is 7.95. The molecule has 4 rings (SSSR count). The SMILES string of the molecule is COC(=O)[C@]12Cc3c([nH]c4ccccc34)C(O)C[C@H]1[C@@H]([C@@H](C)O)CN(C)C2. The number of methoxy groups -OCH3 is 1. The van der Waals surface area contributed by atoms with Crippen LogP contribution in [-0.4, -0.2) is 59.4 Å². The Morgan fingerprint density at radius 3 is 2.85 bits per heavy atom. The molecule has 0 radical (unpaired) electrons. The number of hydrogen-bond acceptors (Lipinski definition) is 5. The van der Waals surface area contributed by atoms with Crippen LogP contribution in [0.1, 0.15) is 30.7 Å². The fourth-order valence-electron chi connectivity index (χ4n) is 5.50. The summed E-state index contributed by atoms with van der Waals surface area (Å²) in [7, 11) is 3.41. The number of benzene rings is 1. The zero-order chi connectivity index (χ0) is 19.3. The van der Waals surface area contributed by atoms with Crippen LogP contribution in [0.5, 0.6) is 0 Å². The van der Waals surface area contributed by atoms with Gasteiger partial charge in [-0.3, -0.25) is 4.79 Å². The number of piperidine rings is 1. The van der Waals surface area contributed by atoms with Crippen LogP contribution < -0.4 is 0 Å². The molecule has 0 spiro atoms. The van der Waals surface area contributed by atoms with Crippen LogP contribution in [0.25, 0.3) is 10.9 Å². The second-order valence-electron chi connectivity index (χ2n) is 8.35. The van der Waals surface area contributed by atoms with Gasteiger partial charge in [-0.25, -0.2) is 0 Å². The number of aliphatic hydroxyl groups is 2. The number of nitrogens with one attached hydrogen (secondary N) is 1. The van der Waals surface area contributed by atoms with Gasteiger partial charge in [0.1, 0.15) is 0 Å². The zero-order valence-electron chi connectivity index (χ0n) is 16.1. The van der Waals surface area contributed by atoms with Crippen molar-refractivity contribution in [3.05, 3.63) is 35.5 Å². The molecule has 2 aromatic rings. The highest BCUT2D eigenvalue weighted by Gasteiger charge is 2.56. The summed E-state index contributed by atoms with van der Waals surface area (Å²) in [5.41, 5.74) is 1.96. The molecular formula is C21H28N2O4. The third kappa shape index (κ3) is 2.78. The third-order valence-corrected chi connectivity index (χ3v) is 6.66. The molecule has 6 nitrogen and oxygen atoms in total. The van der Waals surface area contributed by atoms with E-state index in [4.69, 9.17) is 4.74 Å². The predicted molar refractivity (Wildman–Crippen MR) is 102 cm³/mol. The minimum Gasteiger partial charge on any atom is -0.469 e. The third-order valence-electron chi connectivity index (χ3n) is 6.66. The van der Waals surface area contributed by atoms with Gasteiger partial charge in [-0.2, -0.15) is 0 Å². The lowest BCUT2D eigenvalue weighted by atomic mass is 9.61. The summed E-state index contributed by atoms with van der Waals surface area (Å²) in [4.78, 5) is 18.6. The van der Waals surface area contributed by atoms with Gasteiger partial charge in [0.25, 0.3) is 0 Å². The summed E-state index contributed by atoms with van der Waals surface area (Å²) >= 11 is 0. The van der Waals surface area contributed by atoms with Crippen LogP contribution in [0.4, 0.5) is 0 Å². The number of H-pyrrole nitrogens is 1. The Labute approximate surface area is 159 Å². The molecule has 0 amide bonds. The monoisotopic (exact) mass is 372 g/mol. The van der Waals surface area contributed by atoms with E-state index in [9.17, 15) is 15.0 Å². The quantitative estimate of drug-likeness (QED) is 0.701. The van der Waals surface area contributed by atoms with E-state index < -0.39 is 17.6 Å². The molecule has 6 heteroatoms. The number of likely N-dealkylation sites (tertiary alicyclic amines) is 1. The highest BCUT2D eigenvalue weighted by atomic mass is 16.5. The van der Waals surface area contributed by atoms with E-state index in [-0.39, 0.29) is 17.8 Å². The molecule has 0 saturated carbocycles. The number of ether oxygens (including phenoxy) is 1. The molecule has 2 aliphatic rings. The first-order valence-electron chi connectivity index (χ1n) is 9.60.